The Bertz CT molecular complexity index is 684. The van der Waals surface area contributed by atoms with Crippen LogP contribution in [0.3, 0.4) is 0 Å². The molecule has 0 aromatic heterocycles. The van der Waals surface area contributed by atoms with E-state index in [1.54, 1.807) is 0 Å². The molecular weight excluding hydrogens is 326 g/mol. The van der Waals surface area contributed by atoms with Crippen molar-refractivity contribution in [2.24, 2.45) is 11.8 Å². The Balaban J connectivity index is 1.63. The average Bonchev–Trinajstić information content (AvgIpc) is 3.44. The Morgan fingerprint density at radius 3 is 2.92 bits per heavy atom. The minimum absolute atomic E-state index is 0.0745. The van der Waals surface area contributed by atoms with E-state index in [9.17, 15) is 9.90 Å². The summed E-state index contributed by atoms with van der Waals surface area (Å²) in [7, 11) is 1.46. The molecule has 0 radical (unpaired) electrons. The van der Waals surface area contributed by atoms with Crippen LogP contribution in [-0.4, -0.2) is 42.2 Å². The number of fused-ring (bicyclic) bond motifs is 4. The predicted molar refractivity (Wildman–Crippen MR) is 101 cm³/mol. The van der Waals surface area contributed by atoms with Gasteiger partial charge in [0, 0.05) is 24.4 Å². The first kappa shape index (κ1) is 17.8. The number of aromatic hydroxyl groups is 1. The molecule has 2 fully saturated rings. The minimum Gasteiger partial charge on any atom is -0.508 e. The van der Waals surface area contributed by atoms with Gasteiger partial charge in [0.25, 0.3) is 0 Å². The van der Waals surface area contributed by atoms with Gasteiger partial charge in [-0.1, -0.05) is 13.0 Å². The molecule has 2 bridgehead atoms. The van der Waals surface area contributed by atoms with Crippen LogP contribution >= 0.6 is 0 Å². The fraction of sp³-hybridized carbons (Fsp3) is 0.682. The first-order valence-corrected chi connectivity index (χ1v) is 10.2. The van der Waals surface area contributed by atoms with Crippen LogP contribution in [0, 0.1) is 11.8 Å². The van der Waals surface area contributed by atoms with Gasteiger partial charge >= 0.3 is 5.97 Å². The number of hydrogen-bond donors (Lipinski definition) is 1. The topological polar surface area (TPSA) is 49.8 Å². The number of phenolic OH excluding ortho intramolecular Hbond substituents is 1. The number of methoxy groups -OCH3 is 1. The Hall–Kier alpha value is -1.55. The number of hydrogen-bond acceptors (Lipinski definition) is 4. The number of likely N-dealkylation sites (tertiary alicyclic amines) is 1. The Labute approximate surface area is 156 Å². The van der Waals surface area contributed by atoms with Crippen molar-refractivity contribution in [1.29, 1.82) is 0 Å². The molecule has 0 unspecified atom stereocenters. The summed E-state index contributed by atoms with van der Waals surface area (Å²) >= 11 is 0. The highest BCUT2D eigenvalue weighted by molar-refractivity contribution is 5.69. The van der Waals surface area contributed by atoms with Crippen molar-refractivity contribution in [2.45, 2.75) is 63.3 Å². The molecule has 1 heterocycles. The van der Waals surface area contributed by atoms with Crippen molar-refractivity contribution < 1.29 is 14.6 Å². The van der Waals surface area contributed by atoms with Crippen LogP contribution in [0.2, 0.25) is 0 Å². The van der Waals surface area contributed by atoms with Crippen LogP contribution in [0.1, 0.15) is 56.6 Å². The van der Waals surface area contributed by atoms with Gasteiger partial charge in [0.15, 0.2) is 0 Å². The summed E-state index contributed by atoms with van der Waals surface area (Å²) in [6, 6.07) is 6.54. The van der Waals surface area contributed by atoms with Gasteiger partial charge in [0.1, 0.15) is 5.75 Å². The first-order chi connectivity index (χ1) is 12.5. The highest BCUT2D eigenvalue weighted by atomic mass is 16.5. The van der Waals surface area contributed by atoms with Crippen molar-refractivity contribution in [3.63, 3.8) is 0 Å². The molecule has 2 aliphatic carbocycles. The van der Waals surface area contributed by atoms with Gasteiger partial charge in [-0.3, -0.25) is 9.69 Å². The van der Waals surface area contributed by atoms with Gasteiger partial charge in [-0.2, -0.15) is 0 Å². The lowest BCUT2D eigenvalue weighted by Gasteiger charge is -2.56. The summed E-state index contributed by atoms with van der Waals surface area (Å²) in [4.78, 5) is 14.3. The van der Waals surface area contributed by atoms with Crippen LogP contribution in [0.5, 0.6) is 5.75 Å². The fourth-order valence-electron chi connectivity index (χ4n) is 5.53. The number of ether oxygens (including phenoxy) is 1. The summed E-state index contributed by atoms with van der Waals surface area (Å²) in [6.45, 7) is 4.79. The molecule has 0 spiro atoms. The van der Waals surface area contributed by atoms with Gasteiger partial charge < -0.3 is 9.84 Å². The van der Waals surface area contributed by atoms with Crippen molar-refractivity contribution in [3.05, 3.63) is 29.3 Å². The van der Waals surface area contributed by atoms with Crippen molar-refractivity contribution in [2.75, 3.05) is 20.2 Å². The predicted octanol–water partition coefficient (Wildman–Crippen LogP) is 3.65. The zero-order valence-corrected chi connectivity index (χ0v) is 16.0. The second-order valence-electron chi connectivity index (χ2n) is 8.68. The molecular formula is C22H31NO3. The first-order valence-electron chi connectivity index (χ1n) is 10.2. The number of esters is 1. The summed E-state index contributed by atoms with van der Waals surface area (Å²) in [5.41, 5.74) is 2.80. The van der Waals surface area contributed by atoms with E-state index >= 15 is 0 Å². The Kier molecular flexibility index (Phi) is 4.72. The van der Waals surface area contributed by atoms with E-state index in [-0.39, 0.29) is 11.4 Å². The van der Waals surface area contributed by atoms with Gasteiger partial charge in [-0.25, -0.2) is 0 Å². The number of rotatable bonds is 6. The number of benzene rings is 1. The molecule has 1 saturated heterocycles. The molecule has 4 rings (SSSR count). The summed E-state index contributed by atoms with van der Waals surface area (Å²) in [6.07, 6.45) is 7.32. The Morgan fingerprint density at radius 1 is 1.38 bits per heavy atom. The third-order valence-electron chi connectivity index (χ3n) is 7.24. The lowest BCUT2D eigenvalue weighted by molar-refractivity contribution is -0.140. The zero-order valence-electron chi connectivity index (χ0n) is 16.0. The van der Waals surface area contributed by atoms with Crippen LogP contribution < -0.4 is 0 Å². The minimum atomic E-state index is -0.122. The monoisotopic (exact) mass is 357 g/mol. The molecule has 1 aliphatic heterocycles. The number of piperidine rings is 1. The van der Waals surface area contributed by atoms with Gasteiger partial charge in [-0.05, 0) is 80.2 Å². The van der Waals surface area contributed by atoms with Gasteiger partial charge in [0.2, 0.25) is 0 Å². The SMILES string of the molecule is COC(=O)CCC[C@]12CCN(CC3CC3)[C@H](Cc3ccc(O)cc31)[C@@H]2C. The number of phenols is 1. The number of nitrogens with zero attached hydrogens (tertiary/aromatic N) is 1. The molecule has 142 valence electrons. The molecule has 3 atom stereocenters. The second-order valence-corrected chi connectivity index (χ2v) is 8.68. The number of carbonyl (C=O) groups excluding carboxylic acids is 1. The van der Waals surface area contributed by atoms with E-state index in [1.807, 2.05) is 12.1 Å². The molecule has 3 aliphatic rings. The highest BCUT2D eigenvalue weighted by Crippen LogP contribution is 2.52. The average molecular weight is 357 g/mol. The lowest BCUT2D eigenvalue weighted by Crippen LogP contribution is -2.59. The second kappa shape index (κ2) is 6.88. The maximum absolute atomic E-state index is 11.6. The van der Waals surface area contributed by atoms with Crippen molar-refractivity contribution in [3.8, 4) is 5.75 Å². The zero-order chi connectivity index (χ0) is 18.3. The molecule has 1 aromatic carbocycles. The van der Waals surface area contributed by atoms with Crippen molar-refractivity contribution in [1.82, 2.24) is 4.90 Å². The molecule has 1 saturated carbocycles. The van der Waals surface area contributed by atoms with Gasteiger partial charge in [-0.15, -0.1) is 0 Å². The molecule has 4 nitrogen and oxygen atoms in total. The third-order valence-corrected chi connectivity index (χ3v) is 7.24. The molecule has 1 N–H and O–H groups in total. The molecule has 26 heavy (non-hydrogen) atoms. The smallest absolute Gasteiger partial charge is 0.305 e. The quantitative estimate of drug-likeness (QED) is 0.790. The Morgan fingerprint density at radius 2 is 2.19 bits per heavy atom. The number of carbonyl (C=O) groups is 1. The summed E-state index contributed by atoms with van der Waals surface area (Å²) in [5, 5.41) is 10.1. The van der Waals surface area contributed by atoms with E-state index < -0.39 is 0 Å². The van der Waals surface area contributed by atoms with Crippen LogP contribution in [-0.2, 0) is 21.4 Å². The van der Waals surface area contributed by atoms with E-state index in [2.05, 4.69) is 17.9 Å². The van der Waals surface area contributed by atoms with Crippen LogP contribution in [0.25, 0.3) is 0 Å². The van der Waals surface area contributed by atoms with E-state index in [0.29, 0.717) is 24.1 Å². The van der Waals surface area contributed by atoms with E-state index in [4.69, 9.17) is 4.74 Å². The fourth-order valence-corrected chi connectivity index (χ4v) is 5.53. The molecule has 4 heteroatoms. The maximum atomic E-state index is 11.6. The van der Waals surface area contributed by atoms with Crippen molar-refractivity contribution >= 4 is 5.97 Å². The standard InChI is InChI=1S/C22H31NO3/c1-15-20-12-17-7-8-18(24)13-19(17)22(15,9-3-4-21(25)26-2)10-11-23(20)14-16-5-6-16/h7-8,13,15-16,20,24H,3-6,9-12,14H2,1-2H3/t15-,20+,22+/m0/s1. The largest absolute Gasteiger partial charge is 0.508 e. The van der Waals surface area contributed by atoms with Gasteiger partial charge in [0.05, 0.1) is 7.11 Å². The van der Waals surface area contributed by atoms with E-state index in [1.165, 1.54) is 37.6 Å². The van der Waals surface area contributed by atoms with Crippen LogP contribution in [0.15, 0.2) is 18.2 Å². The van der Waals surface area contributed by atoms with E-state index in [0.717, 1.165) is 38.1 Å². The highest BCUT2D eigenvalue weighted by Gasteiger charge is 2.51. The molecule has 0 amide bonds. The summed E-state index contributed by atoms with van der Waals surface area (Å²) in [5.74, 6) is 1.70. The maximum Gasteiger partial charge on any atom is 0.305 e. The molecule has 1 aromatic rings. The van der Waals surface area contributed by atoms with Crippen LogP contribution in [0.4, 0.5) is 0 Å². The lowest BCUT2D eigenvalue weighted by atomic mass is 9.56. The summed E-state index contributed by atoms with van der Waals surface area (Å²) < 4.78 is 4.84. The normalized spacial score (nSPS) is 30.7. The third kappa shape index (κ3) is 3.13.